The Morgan fingerprint density at radius 1 is 1.20 bits per heavy atom. The van der Waals surface area contributed by atoms with Crippen LogP contribution in [0.15, 0.2) is 34.8 Å². The fourth-order valence-corrected chi connectivity index (χ4v) is 2.02. The van der Waals surface area contributed by atoms with E-state index in [0.29, 0.717) is 0 Å². The average Bonchev–Trinajstić information content (AvgIpc) is 2.35. The second-order valence-electron chi connectivity index (χ2n) is 3.67. The van der Waals surface area contributed by atoms with Gasteiger partial charge in [0.2, 0.25) is 11.6 Å². The summed E-state index contributed by atoms with van der Waals surface area (Å²) in [6.45, 7) is 0. The Balaban J connectivity index is 2.50. The maximum absolute atomic E-state index is 13.6. The van der Waals surface area contributed by atoms with Crippen molar-refractivity contribution >= 4 is 33.2 Å². The van der Waals surface area contributed by atoms with Crippen LogP contribution in [0.4, 0.5) is 14.5 Å². The standard InChI is InChI=1S/C12H5BrClF2NO3/c13-6-3-8(15)12(16)11(4-6)20-10-5-7(14)1-2-9(10)17(18)19/h1-5H. The quantitative estimate of drug-likeness (QED) is 0.433. The summed E-state index contributed by atoms with van der Waals surface area (Å²) < 4.78 is 32.1. The molecule has 2 aromatic rings. The van der Waals surface area contributed by atoms with Crippen molar-refractivity contribution in [3.63, 3.8) is 0 Å². The molecule has 0 amide bonds. The van der Waals surface area contributed by atoms with E-state index in [4.69, 9.17) is 16.3 Å². The van der Waals surface area contributed by atoms with Gasteiger partial charge in [0.15, 0.2) is 11.6 Å². The number of nitro benzene ring substituents is 1. The van der Waals surface area contributed by atoms with E-state index in [-0.39, 0.29) is 15.2 Å². The maximum atomic E-state index is 13.6. The molecule has 2 aromatic carbocycles. The largest absolute Gasteiger partial charge is 0.447 e. The highest BCUT2D eigenvalue weighted by molar-refractivity contribution is 9.10. The van der Waals surface area contributed by atoms with Crippen LogP contribution in [0.5, 0.6) is 11.5 Å². The third-order valence-corrected chi connectivity index (χ3v) is 2.99. The lowest BCUT2D eigenvalue weighted by Crippen LogP contribution is -1.96. The predicted octanol–water partition coefficient (Wildman–Crippen LogP) is 5.08. The van der Waals surface area contributed by atoms with Gasteiger partial charge in [0.1, 0.15) is 0 Å². The predicted molar refractivity (Wildman–Crippen MR) is 72.2 cm³/mol. The molecule has 0 aliphatic rings. The van der Waals surface area contributed by atoms with Crippen molar-refractivity contribution in [1.82, 2.24) is 0 Å². The Hall–Kier alpha value is -1.73. The number of hydrogen-bond acceptors (Lipinski definition) is 3. The lowest BCUT2D eigenvalue weighted by Gasteiger charge is -2.08. The van der Waals surface area contributed by atoms with Crippen LogP contribution in [0.3, 0.4) is 0 Å². The van der Waals surface area contributed by atoms with Crippen molar-refractivity contribution in [3.8, 4) is 11.5 Å². The molecule has 8 heteroatoms. The van der Waals surface area contributed by atoms with Gasteiger partial charge in [-0.3, -0.25) is 10.1 Å². The van der Waals surface area contributed by atoms with Gasteiger partial charge in [-0.1, -0.05) is 27.5 Å². The molecule has 20 heavy (non-hydrogen) atoms. The molecule has 2 rings (SSSR count). The highest BCUT2D eigenvalue weighted by atomic mass is 79.9. The molecule has 0 saturated heterocycles. The number of benzene rings is 2. The fourth-order valence-electron chi connectivity index (χ4n) is 1.45. The fraction of sp³-hybridized carbons (Fsp3) is 0. The zero-order valence-electron chi connectivity index (χ0n) is 9.57. The highest BCUT2D eigenvalue weighted by Crippen LogP contribution is 2.36. The van der Waals surface area contributed by atoms with Gasteiger partial charge in [0, 0.05) is 21.6 Å². The molecule has 104 valence electrons. The minimum Gasteiger partial charge on any atom is -0.447 e. The first-order valence-corrected chi connectivity index (χ1v) is 6.32. The first kappa shape index (κ1) is 14.7. The molecule has 0 aliphatic heterocycles. The summed E-state index contributed by atoms with van der Waals surface area (Å²) in [6, 6.07) is 5.63. The van der Waals surface area contributed by atoms with Crippen LogP contribution in [-0.2, 0) is 0 Å². The first-order chi connectivity index (χ1) is 9.38. The van der Waals surface area contributed by atoms with Gasteiger partial charge in [-0.05, 0) is 18.2 Å². The van der Waals surface area contributed by atoms with Crippen LogP contribution < -0.4 is 4.74 Å². The third-order valence-electron chi connectivity index (χ3n) is 2.30. The number of ether oxygens (including phenoxy) is 1. The lowest BCUT2D eigenvalue weighted by molar-refractivity contribution is -0.385. The number of nitro groups is 1. The zero-order valence-corrected chi connectivity index (χ0v) is 11.9. The van der Waals surface area contributed by atoms with Gasteiger partial charge >= 0.3 is 5.69 Å². The van der Waals surface area contributed by atoms with Crippen molar-refractivity contribution in [2.75, 3.05) is 0 Å². The van der Waals surface area contributed by atoms with Crippen LogP contribution in [0.1, 0.15) is 0 Å². The van der Waals surface area contributed by atoms with Crippen LogP contribution in [0.2, 0.25) is 5.02 Å². The Morgan fingerprint density at radius 2 is 1.90 bits per heavy atom. The molecule has 0 heterocycles. The van der Waals surface area contributed by atoms with E-state index in [1.54, 1.807) is 0 Å². The van der Waals surface area contributed by atoms with E-state index in [0.717, 1.165) is 24.3 Å². The van der Waals surface area contributed by atoms with Crippen LogP contribution >= 0.6 is 27.5 Å². The summed E-state index contributed by atoms with van der Waals surface area (Å²) in [4.78, 5) is 10.1. The van der Waals surface area contributed by atoms with E-state index in [1.165, 1.54) is 6.07 Å². The summed E-state index contributed by atoms with van der Waals surface area (Å²) in [5.74, 6) is -3.15. The maximum Gasteiger partial charge on any atom is 0.311 e. The van der Waals surface area contributed by atoms with E-state index in [9.17, 15) is 18.9 Å². The van der Waals surface area contributed by atoms with Gasteiger partial charge in [-0.2, -0.15) is 4.39 Å². The van der Waals surface area contributed by atoms with Crippen LogP contribution in [-0.4, -0.2) is 4.92 Å². The molecule has 0 aliphatic carbocycles. The van der Waals surface area contributed by atoms with Crippen molar-refractivity contribution in [3.05, 3.63) is 61.6 Å². The summed E-state index contributed by atoms with van der Waals surface area (Å²) in [7, 11) is 0. The Kier molecular flexibility index (Phi) is 4.20. The summed E-state index contributed by atoms with van der Waals surface area (Å²) in [6.07, 6.45) is 0. The molecular formula is C12H5BrClF2NO3. The van der Waals surface area contributed by atoms with Gasteiger partial charge < -0.3 is 4.74 Å². The Morgan fingerprint density at radius 3 is 2.55 bits per heavy atom. The number of hydrogen-bond donors (Lipinski definition) is 0. The summed E-state index contributed by atoms with van der Waals surface area (Å²) >= 11 is 8.69. The lowest BCUT2D eigenvalue weighted by atomic mass is 10.3. The first-order valence-electron chi connectivity index (χ1n) is 5.15. The minimum absolute atomic E-state index is 0.168. The molecule has 0 saturated carbocycles. The molecule has 0 N–H and O–H groups in total. The monoisotopic (exact) mass is 363 g/mol. The average molecular weight is 365 g/mol. The second kappa shape index (κ2) is 5.72. The molecule has 0 unspecified atom stereocenters. The molecule has 0 aromatic heterocycles. The summed E-state index contributed by atoms with van der Waals surface area (Å²) in [5, 5.41) is 11.0. The van der Waals surface area contributed by atoms with Crippen molar-refractivity contribution in [2.24, 2.45) is 0 Å². The molecule has 0 fully saturated rings. The number of halogens is 4. The molecule has 0 spiro atoms. The van der Waals surface area contributed by atoms with Crippen molar-refractivity contribution < 1.29 is 18.4 Å². The molecular weight excluding hydrogens is 359 g/mol. The van der Waals surface area contributed by atoms with Crippen LogP contribution in [0, 0.1) is 21.7 Å². The van der Waals surface area contributed by atoms with Crippen molar-refractivity contribution in [1.29, 1.82) is 0 Å². The zero-order chi connectivity index (χ0) is 14.9. The Labute approximate surface area is 125 Å². The Bertz CT molecular complexity index is 697. The number of rotatable bonds is 3. The van der Waals surface area contributed by atoms with Crippen LogP contribution in [0.25, 0.3) is 0 Å². The number of nitrogens with zero attached hydrogens (tertiary/aromatic N) is 1. The minimum atomic E-state index is -1.25. The van der Waals surface area contributed by atoms with E-state index in [2.05, 4.69) is 15.9 Å². The molecule has 0 bridgehead atoms. The van der Waals surface area contributed by atoms with Gasteiger partial charge in [-0.15, -0.1) is 0 Å². The van der Waals surface area contributed by atoms with E-state index >= 15 is 0 Å². The highest BCUT2D eigenvalue weighted by Gasteiger charge is 2.19. The van der Waals surface area contributed by atoms with Gasteiger partial charge in [0.25, 0.3) is 0 Å². The van der Waals surface area contributed by atoms with Crippen molar-refractivity contribution in [2.45, 2.75) is 0 Å². The second-order valence-corrected chi connectivity index (χ2v) is 5.02. The van der Waals surface area contributed by atoms with Gasteiger partial charge in [-0.25, -0.2) is 4.39 Å². The summed E-state index contributed by atoms with van der Waals surface area (Å²) in [5.41, 5.74) is -0.408. The van der Waals surface area contributed by atoms with E-state index < -0.39 is 28.0 Å². The molecule has 4 nitrogen and oxygen atoms in total. The third kappa shape index (κ3) is 3.05. The normalized spacial score (nSPS) is 10.4. The topological polar surface area (TPSA) is 52.4 Å². The molecule has 0 atom stereocenters. The van der Waals surface area contributed by atoms with Gasteiger partial charge in [0.05, 0.1) is 4.92 Å². The molecule has 0 radical (unpaired) electrons. The van der Waals surface area contributed by atoms with E-state index in [1.807, 2.05) is 0 Å². The smallest absolute Gasteiger partial charge is 0.311 e. The SMILES string of the molecule is O=[N+]([O-])c1ccc(Cl)cc1Oc1cc(Br)cc(F)c1F.